The number of esters is 1. The minimum absolute atomic E-state index is 0.281. The highest BCUT2D eigenvalue weighted by atomic mass is 32.1. The van der Waals surface area contributed by atoms with Crippen LogP contribution in [0.5, 0.6) is 5.06 Å². The molecule has 0 atom stereocenters. The third-order valence-corrected chi connectivity index (χ3v) is 2.90. The first-order valence-electron chi connectivity index (χ1n) is 4.59. The molecule has 0 aliphatic carbocycles. The summed E-state index contributed by atoms with van der Waals surface area (Å²) in [5.41, 5.74) is 1.14. The molecule has 1 heterocycles. The summed E-state index contributed by atoms with van der Waals surface area (Å²) in [5.74, 6) is -0.281. The number of carbonyl (C=O) groups excluding carboxylic acids is 1. The molecular weight excluding hydrogens is 208 g/mol. The first-order chi connectivity index (χ1) is 7.25. The molecule has 2 nitrogen and oxygen atoms in total. The zero-order chi connectivity index (χ0) is 10.7. The number of rotatable bonds is 2. The first-order valence-corrected chi connectivity index (χ1v) is 5.41. The van der Waals surface area contributed by atoms with Crippen LogP contribution in [0.1, 0.15) is 6.92 Å². The van der Waals surface area contributed by atoms with Crippen LogP contribution in [-0.2, 0) is 4.79 Å². The van der Waals surface area contributed by atoms with Crippen LogP contribution in [0.25, 0.3) is 10.4 Å². The van der Waals surface area contributed by atoms with Gasteiger partial charge < -0.3 is 4.74 Å². The van der Waals surface area contributed by atoms with Gasteiger partial charge in [-0.2, -0.15) is 0 Å². The van der Waals surface area contributed by atoms with E-state index in [9.17, 15) is 4.79 Å². The molecule has 76 valence electrons. The maximum absolute atomic E-state index is 10.7. The van der Waals surface area contributed by atoms with E-state index in [0.717, 1.165) is 10.4 Å². The molecule has 0 amide bonds. The topological polar surface area (TPSA) is 26.3 Å². The standard InChI is InChI=1S/C12H10O2S/c1-9(13)14-12-8-7-11(15-12)10-5-3-2-4-6-10/h2-8H,1H3. The van der Waals surface area contributed by atoms with Crippen molar-refractivity contribution in [2.24, 2.45) is 0 Å². The monoisotopic (exact) mass is 218 g/mol. The zero-order valence-electron chi connectivity index (χ0n) is 8.27. The molecular formula is C12H10O2S. The van der Waals surface area contributed by atoms with Crippen molar-refractivity contribution in [1.82, 2.24) is 0 Å². The Morgan fingerprint density at radius 1 is 1.13 bits per heavy atom. The van der Waals surface area contributed by atoms with Crippen molar-refractivity contribution < 1.29 is 9.53 Å². The van der Waals surface area contributed by atoms with Gasteiger partial charge in [0.15, 0.2) is 5.06 Å². The highest BCUT2D eigenvalue weighted by Crippen LogP contribution is 2.32. The van der Waals surface area contributed by atoms with Crippen LogP contribution in [0, 0.1) is 0 Å². The van der Waals surface area contributed by atoms with Crippen LogP contribution in [0.2, 0.25) is 0 Å². The summed E-state index contributed by atoms with van der Waals surface area (Å²) in [5, 5.41) is 0.640. The summed E-state index contributed by atoms with van der Waals surface area (Å²) in [6, 6.07) is 13.8. The van der Waals surface area contributed by atoms with Crippen molar-refractivity contribution in [3.8, 4) is 15.5 Å². The van der Waals surface area contributed by atoms with E-state index in [1.807, 2.05) is 42.5 Å². The Kier molecular flexibility index (Phi) is 2.83. The van der Waals surface area contributed by atoms with Crippen LogP contribution in [-0.4, -0.2) is 5.97 Å². The summed E-state index contributed by atoms with van der Waals surface area (Å²) in [6.07, 6.45) is 0. The first kappa shape index (κ1) is 9.93. The fourth-order valence-electron chi connectivity index (χ4n) is 1.27. The number of hydrogen-bond acceptors (Lipinski definition) is 3. The third kappa shape index (κ3) is 2.44. The van der Waals surface area contributed by atoms with Gasteiger partial charge in [0.1, 0.15) is 0 Å². The summed E-state index contributed by atoms with van der Waals surface area (Å²) in [7, 11) is 0. The van der Waals surface area contributed by atoms with E-state index < -0.39 is 0 Å². The van der Waals surface area contributed by atoms with Crippen LogP contribution >= 0.6 is 11.3 Å². The average molecular weight is 218 g/mol. The van der Waals surface area contributed by atoms with Crippen LogP contribution in [0.3, 0.4) is 0 Å². The van der Waals surface area contributed by atoms with Gasteiger partial charge in [-0.25, -0.2) is 0 Å². The largest absolute Gasteiger partial charge is 0.416 e. The highest BCUT2D eigenvalue weighted by Gasteiger charge is 2.04. The van der Waals surface area contributed by atoms with Gasteiger partial charge in [0, 0.05) is 11.8 Å². The number of ether oxygens (including phenoxy) is 1. The molecule has 2 aromatic rings. The van der Waals surface area contributed by atoms with Crippen LogP contribution in [0.4, 0.5) is 0 Å². The lowest BCUT2D eigenvalue weighted by atomic mass is 10.2. The number of thiophene rings is 1. The average Bonchev–Trinajstić information content (AvgIpc) is 2.67. The second-order valence-corrected chi connectivity index (χ2v) is 4.12. The van der Waals surface area contributed by atoms with Gasteiger partial charge in [-0.15, -0.1) is 0 Å². The highest BCUT2D eigenvalue weighted by molar-refractivity contribution is 7.17. The number of carbonyl (C=O) groups is 1. The van der Waals surface area contributed by atoms with Gasteiger partial charge in [-0.1, -0.05) is 41.7 Å². The minimum Gasteiger partial charge on any atom is -0.416 e. The molecule has 1 aromatic heterocycles. The molecule has 0 N–H and O–H groups in total. The predicted octanol–water partition coefficient (Wildman–Crippen LogP) is 3.34. The summed E-state index contributed by atoms with van der Waals surface area (Å²) in [6.45, 7) is 1.40. The lowest BCUT2D eigenvalue weighted by molar-refractivity contribution is -0.131. The Morgan fingerprint density at radius 2 is 1.87 bits per heavy atom. The molecule has 0 saturated carbocycles. The van der Waals surface area contributed by atoms with E-state index in [2.05, 4.69) is 0 Å². The summed E-state index contributed by atoms with van der Waals surface area (Å²) < 4.78 is 5.00. The SMILES string of the molecule is CC(=O)Oc1ccc(-c2ccccc2)s1. The molecule has 0 aliphatic rings. The minimum atomic E-state index is -0.281. The van der Waals surface area contributed by atoms with Crippen molar-refractivity contribution in [3.63, 3.8) is 0 Å². The molecule has 3 heteroatoms. The van der Waals surface area contributed by atoms with Gasteiger partial charge in [0.2, 0.25) is 0 Å². The number of hydrogen-bond donors (Lipinski definition) is 0. The Bertz CT molecular complexity index is 459. The van der Waals surface area contributed by atoms with Crippen molar-refractivity contribution in [2.45, 2.75) is 6.92 Å². The van der Waals surface area contributed by atoms with Gasteiger partial charge in [-0.3, -0.25) is 4.79 Å². The van der Waals surface area contributed by atoms with Crippen molar-refractivity contribution in [3.05, 3.63) is 42.5 Å². The fraction of sp³-hybridized carbons (Fsp3) is 0.0833. The normalized spacial score (nSPS) is 9.93. The zero-order valence-corrected chi connectivity index (χ0v) is 9.08. The summed E-state index contributed by atoms with van der Waals surface area (Å²) in [4.78, 5) is 11.8. The van der Waals surface area contributed by atoms with Crippen molar-refractivity contribution >= 4 is 17.3 Å². The van der Waals surface area contributed by atoms with Crippen LogP contribution in [0.15, 0.2) is 42.5 Å². The van der Waals surface area contributed by atoms with Gasteiger partial charge >= 0.3 is 5.97 Å². The third-order valence-electron chi connectivity index (χ3n) is 1.88. The van der Waals surface area contributed by atoms with Gasteiger partial charge in [-0.05, 0) is 17.7 Å². The van der Waals surface area contributed by atoms with Crippen molar-refractivity contribution in [2.75, 3.05) is 0 Å². The molecule has 0 aliphatic heterocycles. The maximum atomic E-state index is 10.7. The molecule has 0 fully saturated rings. The van der Waals surface area contributed by atoms with E-state index in [1.54, 1.807) is 0 Å². The Labute approximate surface area is 92.1 Å². The van der Waals surface area contributed by atoms with E-state index in [-0.39, 0.29) is 5.97 Å². The molecule has 0 saturated heterocycles. The molecule has 0 unspecified atom stereocenters. The fourth-order valence-corrected chi connectivity index (χ4v) is 2.18. The molecule has 0 bridgehead atoms. The Morgan fingerprint density at radius 3 is 2.53 bits per heavy atom. The molecule has 0 spiro atoms. The lowest BCUT2D eigenvalue weighted by Gasteiger charge is -1.95. The maximum Gasteiger partial charge on any atom is 0.308 e. The molecule has 2 rings (SSSR count). The smallest absolute Gasteiger partial charge is 0.308 e. The van der Waals surface area contributed by atoms with Crippen molar-refractivity contribution in [1.29, 1.82) is 0 Å². The number of benzene rings is 1. The quantitative estimate of drug-likeness (QED) is 0.723. The second-order valence-electron chi connectivity index (χ2n) is 3.08. The lowest BCUT2D eigenvalue weighted by Crippen LogP contribution is -1.98. The van der Waals surface area contributed by atoms with Gasteiger partial charge in [0.25, 0.3) is 0 Å². The van der Waals surface area contributed by atoms with Crippen LogP contribution < -0.4 is 4.74 Å². The Hall–Kier alpha value is -1.61. The second kappa shape index (κ2) is 4.28. The van der Waals surface area contributed by atoms with E-state index in [0.29, 0.717) is 5.06 Å². The summed E-state index contributed by atoms with van der Waals surface area (Å²) >= 11 is 1.47. The predicted molar refractivity (Wildman–Crippen MR) is 61.1 cm³/mol. The van der Waals surface area contributed by atoms with E-state index >= 15 is 0 Å². The van der Waals surface area contributed by atoms with Gasteiger partial charge in [0.05, 0.1) is 0 Å². The molecule has 0 radical (unpaired) electrons. The molecule has 15 heavy (non-hydrogen) atoms. The molecule has 1 aromatic carbocycles. The Balaban J connectivity index is 2.24. The van der Waals surface area contributed by atoms with E-state index in [4.69, 9.17) is 4.74 Å². The van der Waals surface area contributed by atoms with E-state index in [1.165, 1.54) is 18.3 Å².